The SMILES string of the molecule is CCC1CNc2ccccc2N1Cc1ccc(C)c(C)c1. The van der Waals surface area contributed by atoms with Crippen molar-refractivity contribution in [2.24, 2.45) is 0 Å². The van der Waals surface area contributed by atoms with E-state index in [0.29, 0.717) is 6.04 Å². The molecule has 1 aliphatic heterocycles. The van der Waals surface area contributed by atoms with E-state index in [9.17, 15) is 0 Å². The molecule has 1 aliphatic rings. The number of anilines is 2. The Hall–Kier alpha value is -1.96. The number of nitrogens with zero attached hydrogens (tertiary/aromatic N) is 1. The molecule has 0 spiro atoms. The molecule has 2 aromatic rings. The van der Waals surface area contributed by atoms with Crippen molar-refractivity contribution >= 4 is 11.4 Å². The van der Waals surface area contributed by atoms with Crippen molar-refractivity contribution in [1.29, 1.82) is 0 Å². The summed E-state index contributed by atoms with van der Waals surface area (Å²) >= 11 is 0. The van der Waals surface area contributed by atoms with Gasteiger partial charge in [-0.15, -0.1) is 0 Å². The Balaban J connectivity index is 1.93. The van der Waals surface area contributed by atoms with Gasteiger partial charge in [-0.2, -0.15) is 0 Å². The smallest absolute Gasteiger partial charge is 0.0608 e. The van der Waals surface area contributed by atoms with E-state index in [2.05, 4.69) is 73.5 Å². The first-order valence-corrected chi connectivity index (χ1v) is 7.84. The van der Waals surface area contributed by atoms with Crippen molar-refractivity contribution in [3.63, 3.8) is 0 Å². The van der Waals surface area contributed by atoms with Gasteiger partial charge in [-0.25, -0.2) is 0 Å². The molecule has 1 atom stereocenters. The van der Waals surface area contributed by atoms with E-state index in [1.165, 1.54) is 28.1 Å². The number of nitrogens with one attached hydrogen (secondary N) is 1. The number of hydrogen-bond acceptors (Lipinski definition) is 2. The molecule has 1 N–H and O–H groups in total. The second-order valence-electron chi connectivity index (χ2n) is 6.01. The minimum Gasteiger partial charge on any atom is -0.381 e. The van der Waals surface area contributed by atoms with Gasteiger partial charge in [0, 0.05) is 19.1 Å². The van der Waals surface area contributed by atoms with E-state index in [1.54, 1.807) is 0 Å². The van der Waals surface area contributed by atoms with E-state index >= 15 is 0 Å². The van der Waals surface area contributed by atoms with Gasteiger partial charge < -0.3 is 10.2 Å². The summed E-state index contributed by atoms with van der Waals surface area (Å²) in [5.74, 6) is 0. The van der Waals surface area contributed by atoms with Crippen LogP contribution in [0.1, 0.15) is 30.0 Å². The molecular weight excluding hydrogens is 256 g/mol. The highest BCUT2D eigenvalue weighted by Crippen LogP contribution is 2.33. The van der Waals surface area contributed by atoms with E-state index in [4.69, 9.17) is 0 Å². The van der Waals surface area contributed by atoms with Gasteiger partial charge in [0.1, 0.15) is 0 Å². The van der Waals surface area contributed by atoms with Crippen LogP contribution in [0.5, 0.6) is 0 Å². The normalized spacial score (nSPS) is 17.3. The quantitative estimate of drug-likeness (QED) is 0.889. The Kier molecular flexibility index (Phi) is 3.87. The van der Waals surface area contributed by atoms with E-state index < -0.39 is 0 Å². The van der Waals surface area contributed by atoms with E-state index in [1.807, 2.05) is 0 Å². The summed E-state index contributed by atoms with van der Waals surface area (Å²) in [6, 6.07) is 16.0. The maximum atomic E-state index is 3.56. The van der Waals surface area contributed by atoms with Gasteiger partial charge in [-0.3, -0.25) is 0 Å². The lowest BCUT2D eigenvalue weighted by molar-refractivity contribution is 0.580. The predicted molar refractivity (Wildman–Crippen MR) is 91.1 cm³/mol. The van der Waals surface area contributed by atoms with Crippen LogP contribution in [0.15, 0.2) is 42.5 Å². The minimum atomic E-state index is 0.557. The van der Waals surface area contributed by atoms with Crippen LogP contribution in [-0.4, -0.2) is 12.6 Å². The Morgan fingerprint density at radius 1 is 1.10 bits per heavy atom. The molecule has 110 valence electrons. The molecule has 21 heavy (non-hydrogen) atoms. The molecule has 0 fully saturated rings. The molecule has 0 saturated carbocycles. The average Bonchev–Trinajstić information content (AvgIpc) is 2.51. The van der Waals surface area contributed by atoms with Gasteiger partial charge >= 0.3 is 0 Å². The Bertz CT molecular complexity index is 633. The van der Waals surface area contributed by atoms with Crippen LogP contribution >= 0.6 is 0 Å². The molecule has 2 heteroatoms. The number of para-hydroxylation sites is 2. The van der Waals surface area contributed by atoms with Crippen molar-refractivity contribution in [2.45, 2.75) is 39.8 Å². The topological polar surface area (TPSA) is 15.3 Å². The standard InChI is InChI=1S/C19H24N2/c1-4-17-12-20-18-7-5-6-8-19(18)21(17)13-16-10-9-14(2)15(3)11-16/h5-11,17,20H,4,12-13H2,1-3H3. The molecule has 0 amide bonds. The minimum absolute atomic E-state index is 0.557. The molecule has 1 unspecified atom stereocenters. The van der Waals surface area contributed by atoms with Crippen LogP contribution in [0, 0.1) is 13.8 Å². The van der Waals surface area contributed by atoms with Crippen LogP contribution in [0.2, 0.25) is 0 Å². The van der Waals surface area contributed by atoms with Crippen LogP contribution in [-0.2, 0) is 6.54 Å². The fraction of sp³-hybridized carbons (Fsp3) is 0.368. The molecule has 1 heterocycles. The number of rotatable bonds is 3. The zero-order chi connectivity index (χ0) is 14.8. The summed E-state index contributed by atoms with van der Waals surface area (Å²) in [6.45, 7) is 8.65. The number of fused-ring (bicyclic) bond motifs is 1. The number of hydrogen-bond donors (Lipinski definition) is 1. The van der Waals surface area contributed by atoms with Crippen LogP contribution in [0.3, 0.4) is 0 Å². The third kappa shape index (κ3) is 2.76. The highest BCUT2D eigenvalue weighted by molar-refractivity contribution is 5.72. The van der Waals surface area contributed by atoms with Crippen LogP contribution < -0.4 is 10.2 Å². The second kappa shape index (κ2) is 5.80. The zero-order valence-corrected chi connectivity index (χ0v) is 13.2. The molecular formula is C19H24N2. The largest absolute Gasteiger partial charge is 0.381 e. The summed E-state index contributed by atoms with van der Waals surface area (Å²) in [5, 5.41) is 3.56. The molecule has 0 bridgehead atoms. The van der Waals surface area contributed by atoms with E-state index in [0.717, 1.165) is 19.5 Å². The average molecular weight is 280 g/mol. The predicted octanol–water partition coefficient (Wildman–Crippen LogP) is 4.51. The van der Waals surface area contributed by atoms with Gasteiger partial charge in [0.15, 0.2) is 0 Å². The molecule has 0 aromatic heterocycles. The summed E-state index contributed by atoms with van der Waals surface area (Å²) in [4.78, 5) is 2.55. The van der Waals surface area contributed by atoms with Gasteiger partial charge in [-0.1, -0.05) is 37.3 Å². The first-order chi connectivity index (χ1) is 10.2. The molecule has 3 rings (SSSR count). The van der Waals surface area contributed by atoms with Gasteiger partial charge in [-0.05, 0) is 49.1 Å². The lowest BCUT2D eigenvalue weighted by Gasteiger charge is -2.39. The van der Waals surface area contributed by atoms with Crippen molar-refractivity contribution in [2.75, 3.05) is 16.8 Å². The first-order valence-electron chi connectivity index (χ1n) is 7.84. The number of aryl methyl sites for hydroxylation is 2. The van der Waals surface area contributed by atoms with Crippen molar-refractivity contribution in [3.8, 4) is 0 Å². The maximum absolute atomic E-state index is 3.56. The summed E-state index contributed by atoms with van der Waals surface area (Å²) in [5.41, 5.74) is 6.73. The van der Waals surface area contributed by atoms with Crippen molar-refractivity contribution < 1.29 is 0 Å². The second-order valence-corrected chi connectivity index (χ2v) is 6.01. The molecule has 2 aromatic carbocycles. The zero-order valence-electron chi connectivity index (χ0n) is 13.2. The molecule has 2 nitrogen and oxygen atoms in total. The summed E-state index contributed by atoms with van der Waals surface area (Å²) in [6.07, 6.45) is 1.16. The number of benzene rings is 2. The third-order valence-corrected chi connectivity index (χ3v) is 4.58. The van der Waals surface area contributed by atoms with Crippen LogP contribution in [0.4, 0.5) is 11.4 Å². The summed E-state index contributed by atoms with van der Waals surface area (Å²) in [7, 11) is 0. The fourth-order valence-electron chi connectivity index (χ4n) is 3.09. The fourth-order valence-corrected chi connectivity index (χ4v) is 3.09. The molecule has 0 saturated heterocycles. The highest BCUT2D eigenvalue weighted by Gasteiger charge is 2.24. The van der Waals surface area contributed by atoms with Crippen molar-refractivity contribution in [1.82, 2.24) is 0 Å². The highest BCUT2D eigenvalue weighted by atomic mass is 15.2. The Labute approximate surface area is 127 Å². The van der Waals surface area contributed by atoms with E-state index in [-0.39, 0.29) is 0 Å². The lowest BCUT2D eigenvalue weighted by Crippen LogP contribution is -2.43. The van der Waals surface area contributed by atoms with Crippen LogP contribution in [0.25, 0.3) is 0 Å². The first kappa shape index (κ1) is 14.0. The lowest BCUT2D eigenvalue weighted by atomic mass is 10.0. The Morgan fingerprint density at radius 3 is 2.67 bits per heavy atom. The van der Waals surface area contributed by atoms with Gasteiger partial charge in [0.2, 0.25) is 0 Å². The van der Waals surface area contributed by atoms with Crippen molar-refractivity contribution in [3.05, 3.63) is 59.2 Å². The summed E-state index contributed by atoms with van der Waals surface area (Å²) < 4.78 is 0. The molecule has 0 radical (unpaired) electrons. The Morgan fingerprint density at radius 2 is 1.90 bits per heavy atom. The monoisotopic (exact) mass is 280 g/mol. The molecule has 0 aliphatic carbocycles. The third-order valence-electron chi connectivity index (χ3n) is 4.58. The van der Waals surface area contributed by atoms with Gasteiger partial charge in [0.05, 0.1) is 11.4 Å². The van der Waals surface area contributed by atoms with Gasteiger partial charge in [0.25, 0.3) is 0 Å². The maximum Gasteiger partial charge on any atom is 0.0608 e.